The number of hydrogen-bond acceptors (Lipinski definition) is 6. The second-order valence-corrected chi connectivity index (χ2v) is 8.78. The molecule has 8 nitrogen and oxygen atoms in total. The number of alkyl halides is 3. The fourth-order valence-electron chi connectivity index (χ4n) is 3.10. The van der Waals surface area contributed by atoms with Gasteiger partial charge >= 0.3 is 6.18 Å². The summed E-state index contributed by atoms with van der Waals surface area (Å²) < 4.78 is 41.0. The predicted octanol–water partition coefficient (Wildman–Crippen LogP) is 4.94. The van der Waals surface area contributed by atoms with Gasteiger partial charge in [-0.05, 0) is 38.1 Å². The van der Waals surface area contributed by atoms with E-state index in [1.807, 2.05) is 0 Å². The van der Waals surface area contributed by atoms with Crippen LogP contribution in [0.5, 0.6) is 0 Å². The molecule has 0 fully saturated rings. The van der Waals surface area contributed by atoms with Crippen LogP contribution in [-0.4, -0.2) is 37.6 Å². The minimum absolute atomic E-state index is 0.00411. The second-order valence-electron chi connectivity index (χ2n) is 7.38. The molecule has 0 saturated heterocycles. The Kier molecular flexibility index (Phi) is 6.28. The predicted molar refractivity (Wildman–Crippen MR) is 122 cm³/mol. The fourth-order valence-corrected chi connectivity index (χ4v) is 4.30. The lowest BCUT2D eigenvalue weighted by molar-refractivity contribution is -0.141. The number of carbonyl (C=O) groups excluding carboxylic acids is 2. The van der Waals surface area contributed by atoms with E-state index in [2.05, 4.69) is 25.7 Å². The van der Waals surface area contributed by atoms with E-state index in [0.29, 0.717) is 16.3 Å². The normalized spacial score (nSPS) is 11.7. The Morgan fingerprint density at radius 1 is 1.12 bits per heavy atom. The summed E-state index contributed by atoms with van der Waals surface area (Å²) in [5, 5.41) is 9.29. The molecule has 0 aliphatic rings. The number of pyridine rings is 2. The van der Waals surface area contributed by atoms with Gasteiger partial charge in [0.1, 0.15) is 15.4 Å². The van der Waals surface area contributed by atoms with Crippen molar-refractivity contribution in [3.8, 4) is 5.82 Å². The van der Waals surface area contributed by atoms with Gasteiger partial charge in [-0.15, -0.1) is 11.3 Å². The van der Waals surface area contributed by atoms with E-state index < -0.39 is 29.4 Å². The molecule has 176 valence electrons. The van der Waals surface area contributed by atoms with E-state index in [4.69, 9.17) is 11.6 Å². The summed E-state index contributed by atoms with van der Waals surface area (Å²) in [7, 11) is 0. The molecule has 13 heteroatoms. The number of amides is 2. The lowest BCUT2D eigenvalue weighted by Crippen LogP contribution is -2.30. The van der Waals surface area contributed by atoms with Gasteiger partial charge in [0, 0.05) is 29.9 Å². The number of carbonyl (C=O) groups is 2. The van der Waals surface area contributed by atoms with E-state index in [1.165, 1.54) is 24.5 Å². The Bertz CT molecular complexity index is 1400. The number of hydrogen-bond donors (Lipinski definition) is 2. The van der Waals surface area contributed by atoms with Crippen molar-refractivity contribution in [2.24, 2.45) is 0 Å². The van der Waals surface area contributed by atoms with Gasteiger partial charge in [0.2, 0.25) is 0 Å². The van der Waals surface area contributed by atoms with Crippen LogP contribution in [0, 0.1) is 0 Å². The lowest BCUT2D eigenvalue weighted by atomic mass is 10.2. The maximum Gasteiger partial charge on any atom is 0.435 e. The Balaban J connectivity index is 1.82. The Morgan fingerprint density at radius 2 is 1.82 bits per heavy atom. The highest BCUT2D eigenvalue weighted by Crippen LogP contribution is 2.36. The van der Waals surface area contributed by atoms with Crippen LogP contribution in [-0.2, 0) is 6.18 Å². The average Bonchev–Trinajstić information content (AvgIpc) is 3.36. The molecule has 0 radical (unpaired) electrons. The molecule has 0 aromatic carbocycles. The minimum atomic E-state index is -4.82. The number of nitrogens with one attached hydrogen (secondary N) is 2. The van der Waals surface area contributed by atoms with Gasteiger partial charge in [-0.3, -0.25) is 9.59 Å². The van der Waals surface area contributed by atoms with Crippen LogP contribution < -0.4 is 10.6 Å². The molecular formula is C21H16ClF3N6O2S. The zero-order valence-corrected chi connectivity index (χ0v) is 19.2. The second kappa shape index (κ2) is 9.03. The van der Waals surface area contributed by atoms with Crippen LogP contribution >= 0.6 is 22.9 Å². The van der Waals surface area contributed by atoms with Crippen molar-refractivity contribution in [2.45, 2.75) is 26.1 Å². The molecule has 0 atom stereocenters. The number of fused-ring (bicyclic) bond motifs is 1. The van der Waals surface area contributed by atoms with Crippen molar-refractivity contribution in [1.29, 1.82) is 0 Å². The maximum absolute atomic E-state index is 13.4. The van der Waals surface area contributed by atoms with Gasteiger partial charge in [0.05, 0.1) is 10.7 Å². The highest BCUT2D eigenvalue weighted by Gasteiger charge is 2.37. The highest BCUT2D eigenvalue weighted by molar-refractivity contribution is 7.21. The Labute approximate surface area is 199 Å². The molecule has 34 heavy (non-hydrogen) atoms. The van der Waals surface area contributed by atoms with Crippen LogP contribution in [0.25, 0.3) is 16.0 Å². The van der Waals surface area contributed by atoms with Crippen LogP contribution in [0.3, 0.4) is 0 Å². The van der Waals surface area contributed by atoms with Gasteiger partial charge in [-0.25, -0.2) is 14.6 Å². The number of nitrogens with zero attached hydrogens (tertiary/aromatic N) is 4. The summed E-state index contributed by atoms with van der Waals surface area (Å²) in [5.74, 6) is -1.54. The largest absolute Gasteiger partial charge is 0.435 e. The monoisotopic (exact) mass is 508 g/mol. The third-order valence-corrected chi connectivity index (χ3v) is 5.91. The number of thiophene rings is 1. The minimum Gasteiger partial charge on any atom is -0.349 e. The molecule has 4 heterocycles. The first kappa shape index (κ1) is 23.6. The van der Waals surface area contributed by atoms with Crippen LogP contribution in [0.4, 0.5) is 18.9 Å². The molecule has 0 spiro atoms. The third-order valence-electron chi connectivity index (χ3n) is 4.50. The first-order chi connectivity index (χ1) is 16.1. The van der Waals surface area contributed by atoms with Gasteiger partial charge < -0.3 is 10.6 Å². The molecular weight excluding hydrogens is 493 g/mol. The zero-order valence-electron chi connectivity index (χ0n) is 17.6. The van der Waals surface area contributed by atoms with Crippen molar-refractivity contribution >= 4 is 50.7 Å². The number of aromatic nitrogens is 4. The first-order valence-electron chi connectivity index (χ1n) is 9.84. The molecule has 0 aliphatic carbocycles. The quantitative estimate of drug-likeness (QED) is 0.397. The molecule has 4 aromatic heterocycles. The number of anilines is 1. The SMILES string of the molecule is CC(C)NC(=O)c1sc2ncccc2c1NC(=O)c1cc(C(F)(F)F)nn1-c1ncccc1Cl. The lowest BCUT2D eigenvalue weighted by Gasteiger charge is -2.11. The van der Waals surface area contributed by atoms with Crippen LogP contribution in [0.2, 0.25) is 5.02 Å². The van der Waals surface area contributed by atoms with Crippen LogP contribution in [0.15, 0.2) is 42.7 Å². The number of rotatable bonds is 5. The van der Waals surface area contributed by atoms with Gasteiger partial charge in [0.15, 0.2) is 11.5 Å². The number of halogens is 4. The van der Waals surface area contributed by atoms with Crippen molar-refractivity contribution in [2.75, 3.05) is 5.32 Å². The summed E-state index contributed by atoms with van der Waals surface area (Å²) in [5.41, 5.74) is -1.63. The molecule has 2 N–H and O–H groups in total. The van der Waals surface area contributed by atoms with Crippen molar-refractivity contribution in [3.63, 3.8) is 0 Å². The van der Waals surface area contributed by atoms with E-state index in [1.54, 1.807) is 26.0 Å². The van der Waals surface area contributed by atoms with Gasteiger partial charge in [-0.1, -0.05) is 11.6 Å². The summed E-state index contributed by atoms with van der Waals surface area (Å²) in [6, 6.07) is 6.58. The molecule has 4 aromatic rings. The molecule has 0 aliphatic heterocycles. The van der Waals surface area contributed by atoms with Gasteiger partial charge in [-0.2, -0.15) is 18.3 Å². The fraction of sp³-hybridized carbons (Fsp3) is 0.190. The molecule has 2 amide bonds. The smallest absolute Gasteiger partial charge is 0.349 e. The zero-order chi connectivity index (χ0) is 24.6. The Morgan fingerprint density at radius 3 is 2.50 bits per heavy atom. The molecule has 0 saturated carbocycles. The summed E-state index contributed by atoms with van der Waals surface area (Å²) in [6.45, 7) is 3.55. The molecule has 0 bridgehead atoms. The highest BCUT2D eigenvalue weighted by atomic mass is 35.5. The summed E-state index contributed by atoms with van der Waals surface area (Å²) in [6.07, 6.45) is -1.98. The third kappa shape index (κ3) is 4.59. The first-order valence-corrected chi connectivity index (χ1v) is 11.0. The Hall–Kier alpha value is -3.51. The van der Waals surface area contributed by atoms with E-state index in [-0.39, 0.29) is 27.4 Å². The molecule has 4 rings (SSSR count). The van der Waals surface area contributed by atoms with Crippen molar-refractivity contribution < 1.29 is 22.8 Å². The van der Waals surface area contributed by atoms with Crippen molar-refractivity contribution in [1.82, 2.24) is 25.1 Å². The maximum atomic E-state index is 13.4. The van der Waals surface area contributed by atoms with Gasteiger partial charge in [0.25, 0.3) is 11.8 Å². The van der Waals surface area contributed by atoms with Crippen molar-refractivity contribution in [3.05, 3.63) is 64.0 Å². The van der Waals surface area contributed by atoms with E-state index in [0.717, 1.165) is 16.0 Å². The molecule has 0 unspecified atom stereocenters. The van der Waals surface area contributed by atoms with E-state index in [9.17, 15) is 22.8 Å². The summed E-state index contributed by atoms with van der Waals surface area (Å²) >= 11 is 7.15. The average molecular weight is 509 g/mol. The topological polar surface area (TPSA) is 102 Å². The summed E-state index contributed by atoms with van der Waals surface area (Å²) in [4.78, 5) is 34.8. The van der Waals surface area contributed by atoms with E-state index >= 15 is 0 Å². The standard InChI is InChI=1S/C21H16ClF3N6O2S/c1-10(2)28-19(33)16-15(11-5-3-8-27-20(11)34-16)29-18(32)13-9-14(21(23,24)25)30-31(13)17-12(22)6-4-7-26-17/h3-10H,1-2H3,(H,28,33)(H,29,32). The van der Waals surface area contributed by atoms with Crippen LogP contribution in [0.1, 0.15) is 39.7 Å².